The van der Waals surface area contributed by atoms with Gasteiger partial charge in [-0.05, 0) is 6.07 Å². The number of hydrogen-bond acceptors (Lipinski definition) is 4. The fourth-order valence-electron chi connectivity index (χ4n) is 2.29. The first-order chi connectivity index (χ1) is 8.50. The molecule has 2 aromatic rings. The van der Waals surface area contributed by atoms with Gasteiger partial charge in [0.15, 0.2) is 0 Å². The lowest BCUT2D eigenvalue weighted by Crippen LogP contribution is -2.25. The number of sulfonamides is 1. The van der Waals surface area contributed by atoms with Gasteiger partial charge in [-0.3, -0.25) is 0 Å². The molecule has 0 fully saturated rings. The molecule has 0 saturated carbocycles. The molecule has 0 amide bonds. The van der Waals surface area contributed by atoms with Gasteiger partial charge >= 0.3 is 5.97 Å². The predicted molar refractivity (Wildman–Crippen MR) is 63.6 cm³/mol. The highest BCUT2D eigenvalue weighted by atomic mass is 32.2. The molecule has 0 saturated heterocycles. The number of fused-ring (bicyclic) bond motifs is 3. The van der Waals surface area contributed by atoms with Crippen molar-refractivity contribution < 1.29 is 17.9 Å². The molecule has 94 valence electrons. The first-order valence-electron chi connectivity index (χ1n) is 5.31. The number of cyclic esters (lactones) is 1. The lowest BCUT2D eigenvalue weighted by molar-refractivity contribution is 0.0419. The smallest absolute Gasteiger partial charge is 0.356 e. The number of para-hydroxylation sites is 1. The first kappa shape index (κ1) is 11.2. The fourth-order valence-corrected chi connectivity index (χ4v) is 3.23. The molecule has 18 heavy (non-hydrogen) atoms. The standard InChI is InChI=1S/C11H10N2O4S/c12-18(15,16)10-7-3-1-2-4-8(7)13-5-6-17-11(14)9(10)13/h1-4H,5-6H2,(H2,12,15,16). The second-order valence-electron chi connectivity index (χ2n) is 4.03. The third kappa shape index (κ3) is 1.44. The Hall–Kier alpha value is -1.86. The first-order valence-corrected chi connectivity index (χ1v) is 6.86. The molecule has 1 aliphatic heterocycles. The van der Waals surface area contributed by atoms with Crippen LogP contribution in [0, 0.1) is 0 Å². The lowest BCUT2D eigenvalue weighted by atomic mass is 10.2. The van der Waals surface area contributed by atoms with Crippen LogP contribution in [0.15, 0.2) is 29.2 Å². The van der Waals surface area contributed by atoms with Crippen LogP contribution in [0.3, 0.4) is 0 Å². The van der Waals surface area contributed by atoms with E-state index in [1.54, 1.807) is 28.8 Å². The summed E-state index contributed by atoms with van der Waals surface area (Å²) >= 11 is 0. The largest absolute Gasteiger partial charge is 0.459 e. The van der Waals surface area contributed by atoms with E-state index in [1.807, 2.05) is 0 Å². The van der Waals surface area contributed by atoms with Crippen LogP contribution in [0.5, 0.6) is 0 Å². The van der Waals surface area contributed by atoms with Crippen LogP contribution in [-0.2, 0) is 21.3 Å². The third-order valence-electron chi connectivity index (χ3n) is 2.95. The zero-order valence-electron chi connectivity index (χ0n) is 9.29. The summed E-state index contributed by atoms with van der Waals surface area (Å²) in [5.74, 6) is -0.651. The Labute approximate surface area is 103 Å². The third-order valence-corrected chi connectivity index (χ3v) is 3.93. The SMILES string of the molecule is NS(=O)(=O)c1c2n(c3ccccc13)CCOC2=O. The highest BCUT2D eigenvalue weighted by Crippen LogP contribution is 2.31. The van der Waals surface area contributed by atoms with Crippen molar-refractivity contribution in [2.45, 2.75) is 11.4 Å². The van der Waals surface area contributed by atoms with Gasteiger partial charge in [0.25, 0.3) is 0 Å². The van der Waals surface area contributed by atoms with E-state index in [2.05, 4.69) is 0 Å². The van der Waals surface area contributed by atoms with Crippen molar-refractivity contribution in [2.24, 2.45) is 5.14 Å². The molecule has 7 heteroatoms. The molecule has 0 atom stereocenters. The van der Waals surface area contributed by atoms with Gasteiger partial charge in [-0.2, -0.15) is 0 Å². The summed E-state index contributed by atoms with van der Waals surface area (Å²) in [6.45, 7) is 0.658. The van der Waals surface area contributed by atoms with Crippen molar-refractivity contribution in [3.63, 3.8) is 0 Å². The van der Waals surface area contributed by atoms with Crippen molar-refractivity contribution >= 4 is 26.9 Å². The molecular formula is C11H10N2O4S. The Balaban J connectivity index is 2.54. The quantitative estimate of drug-likeness (QED) is 0.759. The van der Waals surface area contributed by atoms with E-state index in [-0.39, 0.29) is 17.2 Å². The van der Waals surface area contributed by atoms with Gasteiger partial charge in [-0.25, -0.2) is 18.4 Å². The van der Waals surface area contributed by atoms with E-state index in [4.69, 9.17) is 9.88 Å². The fraction of sp³-hybridized carbons (Fsp3) is 0.182. The van der Waals surface area contributed by atoms with Gasteiger partial charge < -0.3 is 9.30 Å². The Morgan fingerprint density at radius 1 is 1.28 bits per heavy atom. The van der Waals surface area contributed by atoms with Crippen molar-refractivity contribution in [1.29, 1.82) is 0 Å². The van der Waals surface area contributed by atoms with E-state index >= 15 is 0 Å². The average Bonchev–Trinajstić information content (AvgIpc) is 2.65. The molecular weight excluding hydrogens is 256 g/mol. The maximum absolute atomic E-state index is 11.8. The van der Waals surface area contributed by atoms with Gasteiger partial charge in [-0.15, -0.1) is 0 Å². The number of carbonyl (C=O) groups is 1. The van der Waals surface area contributed by atoms with Gasteiger partial charge in [0.2, 0.25) is 10.0 Å². The summed E-state index contributed by atoms with van der Waals surface area (Å²) in [5, 5.41) is 5.66. The Bertz CT molecular complexity index is 761. The maximum Gasteiger partial charge on any atom is 0.356 e. The molecule has 2 N–H and O–H groups in total. The minimum absolute atomic E-state index is 0.0185. The summed E-state index contributed by atoms with van der Waals surface area (Å²) in [7, 11) is -3.98. The van der Waals surface area contributed by atoms with E-state index in [0.29, 0.717) is 17.4 Å². The minimum Gasteiger partial charge on any atom is -0.459 e. The summed E-state index contributed by atoms with van der Waals surface area (Å²) in [6.07, 6.45) is 0. The van der Waals surface area contributed by atoms with E-state index in [9.17, 15) is 13.2 Å². The number of primary sulfonamides is 1. The molecule has 0 unspecified atom stereocenters. The van der Waals surface area contributed by atoms with Crippen molar-refractivity contribution in [3.05, 3.63) is 30.0 Å². The highest BCUT2D eigenvalue weighted by Gasteiger charge is 2.32. The van der Waals surface area contributed by atoms with Crippen LogP contribution >= 0.6 is 0 Å². The highest BCUT2D eigenvalue weighted by molar-refractivity contribution is 7.89. The molecule has 1 aromatic carbocycles. The molecule has 6 nitrogen and oxygen atoms in total. The average molecular weight is 266 g/mol. The van der Waals surface area contributed by atoms with Gasteiger partial charge in [-0.1, -0.05) is 18.2 Å². The van der Waals surface area contributed by atoms with Crippen molar-refractivity contribution in [3.8, 4) is 0 Å². The number of aromatic nitrogens is 1. The monoisotopic (exact) mass is 266 g/mol. The molecule has 0 spiro atoms. The molecule has 3 rings (SSSR count). The topological polar surface area (TPSA) is 91.4 Å². The van der Waals surface area contributed by atoms with Crippen LogP contribution in [0.4, 0.5) is 0 Å². The summed E-state index contributed by atoms with van der Waals surface area (Å²) in [5.41, 5.74) is 0.693. The number of nitrogens with two attached hydrogens (primary N) is 1. The second kappa shape index (κ2) is 3.56. The number of benzene rings is 1. The Morgan fingerprint density at radius 2 is 2.00 bits per heavy atom. The Morgan fingerprint density at radius 3 is 2.72 bits per heavy atom. The number of ether oxygens (including phenoxy) is 1. The number of esters is 1. The van der Waals surface area contributed by atoms with E-state index < -0.39 is 16.0 Å². The predicted octanol–water partition coefficient (Wildman–Crippen LogP) is 0.459. The number of carbonyl (C=O) groups excluding carboxylic acids is 1. The van der Waals surface area contributed by atoms with E-state index in [0.717, 1.165) is 0 Å². The summed E-state index contributed by atoms with van der Waals surface area (Å²) < 4.78 is 29.9. The molecule has 0 radical (unpaired) electrons. The lowest BCUT2D eigenvalue weighted by Gasteiger charge is -2.16. The molecule has 0 bridgehead atoms. The molecule has 1 aliphatic rings. The van der Waals surface area contributed by atoms with Gasteiger partial charge in [0.1, 0.15) is 17.2 Å². The number of hydrogen-bond donors (Lipinski definition) is 1. The van der Waals surface area contributed by atoms with E-state index in [1.165, 1.54) is 0 Å². The van der Waals surface area contributed by atoms with Gasteiger partial charge in [0.05, 0.1) is 12.1 Å². The van der Waals surface area contributed by atoms with Crippen LogP contribution in [0.2, 0.25) is 0 Å². The summed E-state index contributed by atoms with van der Waals surface area (Å²) in [4.78, 5) is 11.6. The van der Waals surface area contributed by atoms with Crippen molar-refractivity contribution in [1.82, 2.24) is 4.57 Å². The normalized spacial score (nSPS) is 15.5. The van der Waals surface area contributed by atoms with Crippen molar-refractivity contribution in [2.75, 3.05) is 6.61 Å². The van der Waals surface area contributed by atoms with Crippen LogP contribution in [0.25, 0.3) is 10.9 Å². The van der Waals surface area contributed by atoms with Gasteiger partial charge in [0, 0.05) is 5.39 Å². The second-order valence-corrected chi connectivity index (χ2v) is 5.53. The zero-order valence-corrected chi connectivity index (χ0v) is 10.1. The number of rotatable bonds is 1. The molecule has 0 aliphatic carbocycles. The van der Waals surface area contributed by atoms with Crippen LogP contribution < -0.4 is 5.14 Å². The zero-order chi connectivity index (χ0) is 12.9. The summed E-state index contributed by atoms with van der Waals surface area (Å²) in [6, 6.07) is 6.87. The van der Waals surface area contributed by atoms with Crippen LogP contribution in [-0.4, -0.2) is 25.6 Å². The molecule has 1 aromatic heterocycles. The minimum atomic E-state index is -3.98. The van der Waals surface area contributed by atoms with Crippen LogP contribution in [0.1, 0.15) is 10.5 Å². The maximum atomic E-state index is 11.8. The molecule has 2 heterocycles. The Kier molecular flexibility index (Phi) is 2.23. The number of nitrogens with zero attached hydrogens (tertiary/aromatic N) is 1.